The Morgan fingerprint density at radius 3 is 3.00 bits per heavy atom. The van der Waals surface area contributed by atoms with E-state index in [1.54, 1.807) is 15.6 Å². The molecule has 0 radical (unpaired) electrons. The van der Waals surface area contributed by atoms with Crippen molar-refractivity contribution in [2.24, 2.45) is 0 Å². The van der Waals surface area contributed by atoms with Gasteiger partial charge in [-0.15, -0.1) is 11.3 Å². The van der Waals surface area contributed by atoms with Gasteiger partial charge in [0.1, 0.15) is 0 Å². The smallest absolute Gasteiger partial charge is 0.214 e. The largest absolute Gasteiger partial charge is 0.320 e. The maximum absolute atomic E-state index is 12.4. The van der Waals surface area contributed by atoms with Crippen LogP contribution in [0.5, 0.6) is 0 Å². The number of nitrogens with one attached hydrogen (secondary N) is 1. The lowest BCUT2D eigenvalue weighted by Gasteiger charge is -2.32. The number of hydrogen-bond acceptors (Lipinski definition) is 4. The molecule has 0 bridgehead atoms. The van der Waals surface area contributed by atoms with Gasteiger partial charge in [-0.2, -0.15) is 4.31 Å². The summed E-state index contributed by atoms with van der Waals surface area (Å²) in [5, 5.41) is 5.10. The zero-order valence-corrected chi connectivity index (χ0v) is 13.2. The van der Waals surface area contributed by atoms with Crippen LogP contribution in [0.2, 0.25) is 0 Å². The van der Waals surface area contributed by atoms with Crippen LogP contribution in [-0.4, -0.2) is 38.6 Å². The van der Waals surface area contributed by atoms with Crippen molar-refractivity contribution < 1.29 is 8.42 Å². The third-order valence-corrected chi connectivity index (χ3v) is 6.67. The second-order valence-electron chi connectivity index (χ2n) is 4.96. The van der Waals surface area contributed by atoms with Crippen LogP contribution in [0.1, 0.15) is 36.2 Å². The Kier molecular flexibility index (Phi) is 5.00. The number of rotatable bonds is 6. The van der Waals surface area contributed by atoms with Crippen molar-refractivity contribution in [1.29, 1.82) is 0 Å². The molecule has 1 aliphatic rings. The fraction of sp³-hybridized carbons (Fsp3) is 0.692. The molecule has 0 aromatic carbocycles. The first-order valence-corrected chi connectivity index (χ1v) is 9.25. The fourth-order valence-corrected chi connectivity index (χ4v) is 5.30. The van der Waals surface area contributed by atoms with Crippen molar-refractivity contribution in [2.45, 2.75) is 32.2 Å². The molecule has 2 heterocycles. The summed E-state index contributed by atoms with van der Waals surface area (Å²) in [7, 11) is -1.24. The summed E-state index contributed by atoms with van der Waals surface area (Å²) in [5.74, 6) is 0.262. The topological polar surface area (TPSA) is 49.4 Å². The number of sulfonamides is 1. The van der Waals surface area contributed by atoms with Crippen molar-refractivity contribution in [3.05, 3.63) is 21.9 Å². The molecule has 0 aliphatic carbocycles. The zero-order valence-electron chi connectivity index (χ0n) is 11.6. The highest BCUT2D eigenvalue weighted by Gasteiger charge is 2.32. The van der Waals surface area contributed by atoms with Crippen molar-refractivity contribution in [3.63, 3.8) is 0 Å². The Morgan fingerprint density at radius 2 is 2.26 bits per heavy atom. The van der Waals surface area contributed by atoms with Crippen LogP contribution < -0.4 is 5.32 Å². The van der Waals surface area contributed by atoms with Crippen LogP contribution in [0.4, 0.5) is 0 Å². The molecule has 0 fully saturated rings. The Labute approximate surface area is 119 Å². The molecule has 4 nitrogen and oxygen atoms in total. The Balaban J connectivity index is 2.02. The van der Waals surface area contributed by atoms with Gasteiger partial charge in [-0.3, -0.25) is 0 Å². The first-order valence-electron chi connectivity index (χ1n) is 6.76. The van der Waals surface area contributed by atoms with Gasteiger partial charge < -0.3 is 5.32 Å². The molecule has 0 saturated carbocycles. The van der Waals surface area contributed by atoms with Crippen LogP contribution in [0.25, 0.3) is 0 Å². The molecule has 1 aromatic heterocycles. The van der Waals surface area contributed by atoms with Gasteiger partial charge in [-0.05, 0) is 56.8 Å². The fourth-order valence-electron chi connectivity index (χ4n) is 2.57. The highest BCUT2D eigenvalue weighted by atomic mass is 32.2. The van der Waals surface area contributed by atoms with Crippen molar-refractivity contribution in [1.82, 2.24) is 9.62 Å². The minimum absolute atomic E-state index is 0.00991. The van der Waals surface area contributed by atoms with E-state index in [1.807, 2.05) is 14.0 Å². The van der Waals surface area contributed by atoms with Gasteiger partial charge in [0.2, 0.25) is 10.0 Å². The van der Waals surface area contributed by atoms with Crippen molar-refractivity contribution in [3.8, 4) is 0 Å². The standard InChI is InChI=1S/C13H22N2O2S2/c1-11-12-6-9-18-13(12)5-8-15(11)19(16,17)10-4-3-7-14-2/h6,9,11,14H,3-5,7-8,10H2,1-2H3. The molecule has 2 rings (SSSR count). The Hall–Kier alpha value is -0.430. The molecular formula is C13H22N2O2S2. The van der Waals surface area contributed by atoms with E-state index < -0.39 is 10.0 Å². The first kappa shape index (κ1) is 15.0. The van der Waals surface area contributed by atoms with E-state index in [-0.39, 0.29) is 11.8 Å². The van der Waals surface area contributed by atoms with Crippen LogP contribution in [0.3, 0.4) is 0 Å². The predicted molar refractivity (Wildman–Crippen MR) is 80.1 cm³/mol. The first-order chi connectivity index (χ1) is 9.06. The molecule has 1 atom stereocenters. The van der Waals surface area contributed by atoms with Gasteiger partial charge in [-0.1, -0.05) is 0 Å². The molecular weight excluding hydrogens is 280 g/mol. The van der Waals surface area contributed by atoms with E-state index in [0.717, 1.165) is 25.8 Å². The average molecular weight is 302 g/mol. The summed E-state index contributed by atoms with van der Waals surface area (Å²) < 4.78 is 26.5. The average Bonchev–Trinajstić information content (AvgIpc) is 2.84. The molecule has 108 valence electrons. The summed E-state index contributed by atoms with van der Waals surface area (Å²) >= 11 is 1.74. The maximum Gasteiger partial charge on any atom is 0.214 e. The van der Waals surface area contributed by atoms with E-state index in [1.165, 1.54) is 10.4 Å². The number of unbranched alkanes of at least 4 members (excludes halogenated alkanes) is 1. The summed E-state index contributed by atoms with van der Waals surface area (Å²) in [6.45, 7) is 3.50. The third-order valence-electron chi connectivity index (χ3n) is 3.66. The summed E-state index contributed by atoms with van der Waals surface area (Å²) in [4.78, 5) is 1.34. The lowest BCUT2D eigenvalue weighted by Crippen LogP contribution is -2.39. The number of nitrogens with zero attached hydrogens (tertiary/aromatic N) is 1. The second-order valence-corrected chi connectivity index (χ2v) is 8.00. The normalized spacial score (nSPS) is 20.4. The number of hydrogen-bond donors (Lipinski definition) is 1. The maximum atomic E-state index is 12.4. The minimum Gasteiger partial charge on any atom is -0.320 e. The van der Waals surface area contributed by atoms with Crippen molar-refractivity contribution in [2.75, 3.05) is 25.9 Å². The Morgan fingerprint density at radius 1 is 1.47 bits per heavy atom. The molecule has 1 N–H and O–H groups in total. The lowest BCUT2D eigenvalue weighted by atomic mass is 10.0. The molecule has 1 aliphatic heterocycles. The molecule has 0 spiro atoms. The van der Waals surface area contributed by atoms with Crippen LogP contribution in [0, 0.1) is 0 Å². The minimum atomic E-state index is -3.12. The molecule has 0 saturated heterocycles. The van der Waals surface area contributed by atoms with Crippen molar-refractivity contribution >= 4 is 21.4 Å². The van der Waals surface area contributed by atoms with E-state index in [2.05, 4.69) is 16.8 Å². The quantitative estimate of drug-likeness (QED) is 0.818. The van der Waals surface area contributed by atoms with E-state index >= 15 is 0 Å². The highest BCUT2D eigenvalue weighted by Crippen LogP contribution is 2.34. The summed E-state index contributed by atoms with van der Waals surface area (Å²) in [5.41, 5.74) is 1.19. The van der Waals surface area contributed by atoms with Crippen LogP contribution >= 0.6 is 11.3 Å². The molecule has 0 amide bonds. The number of fused-ring (bicyclic) bond motifs is 1. The van der Waals surface area contributed by atoms with Gasteiger partial charge in [0.05, 0.1) is 5.75 Å². The second kappa shape index (κ2) is 6.35. The van der Waals surface area contributed by atoms with E-state index in [0.29, 0.717) is 6.54 Å². The number of thiophene rings is 1. The third kappa shape index (κ3) is 3.37. The molecule has 6 heteroatoms. The molecule has 1 aromatic rings. The van der Waals surface area contributed by atoms with Gasteiger partial charge in [0.15, 0.2) is 0 Å². The van der Waals surface area contributed by atoms with E-state index in [4.69, 9.17) is 0 Å². The van der Waals surface area contributed by atoms with Crippen LogP contribution in [-0.2, 0) is 16.4 Å². The molecule has 1 unspecified atom stereocenters. The van der Waals surface area contributed by atoms with E-state index in [9.17, 15) is 8.42 Å². The van der Waals surface area contributed by atoms with Gasteiger partial charge in [0, 0.05) is 17.5 Å². The monoisotopic (exact) mass is 302 g/mol. The van der Waals surface area contributed by atoms with Gasteiger partial charge in [0.25, 0.3) is 0 Å². The summed E-state index contributed by atoms with van der Waals surface area (Å²) in [6, 6.07) is 2.05. The van der Waals surface area contributed by atoms with Crippen LogP contribution in [0.15, 0.2) is 11.4 Å². The SMILES string of the molecule is CNCCCCS(=O)(=O)N1CCc2sccc2C1C. The lowest BCUT2D eigenvalue weighted by molar-refractivity contribution is 0.328. The summed E-state index contributed by atoms with van der Waals surface area (Å²) in [6.07, 6.45) is 2.48. The predicted octanol–water partition coefficient (Wildman–Crippen LogP) is 2.00. The van der Waals surface area contributed by atoms with Gasteiger partial charge >= 0.3 is 0 Å². The Bertz CT molecular complexity index is 510. The highest BCUT2D eigenvalue weighted by molar-refractivity contribution is 7.89. The van der Waals surface area contributed by atoms with Gasteiger partial charge in [-0.25, -0.2) is 8.42 Å². The molecule has 19 heavy (non-hydrogen) atoms. The zero-order chi connectivity index (χ0) is 13.9.